The molecule has 1 saturated carbocycles. The molecule has 1 saturated heterocycles. The highest BCUT2D eigenvalue weighted by Crippen LogP contribution is 2.38. The van der Waals surface area contributed by atoms with Gasteiger partial charge < -0.3 is 10.0 Å². The number of hydrogen-bond donors (Lipinski definition) is 1. The number of likely N-dealkylation sites (N-methyl/N-ethyl adjacent to an activating group) is 2. The predicted octanol–water partition coefficient (Wildman–Crippen LogP) is 1.33. The molecule has 1 unspecified atom stereocenters. The van der Waals surface area contributed by atoms with E-state index < -0.39 is 5.97 Å². The van der Waals surface area contributed by atoms with Crippen molar-refractivity contribution in [1.82, 2.24) is 9.80 Å². The molecule has 1 heterocycles. The van der Waals surface area contributed by atoms with Gasteiger partial charge in [0.2, 0.25) is 5.91 Å². The summed E-state index contributed by atoms with van der Waals surface area (Å²) < 4.78 is 0. The Morgan fingerprint density at radius 2 is 2.05 bits per heavy atom. The second-order valence-corrected chi connectivity index (χ2v) is 6.03. The normalized spacial score (nSPS) is 27.0. The molecule has 0 aromatic rings. The van der Waals surface area contributed by atoms with Gasteiger partial charge in [-0.05, 0) is 26.3 Å². The predicted molar refractivity (Wildman–Crippen MR) is 71.9 cm³/mol. The molecule has 108 valence electrons. The summed E-state index contributed by atoms with van der Waals surface area (Å²) in [6.45, 7) is 0.775. The third-order valence-corrected chi connectivity index (χ3v) is 4.88. The van der Waals surface area contributed by atoms with Gasteiger partial charge in [-0.1, -0.05) is 19.3 Å². The van der Waals surface area contributed by atoms with Crippen molar-refractivity contribution in [1.29, 1.82) is 0 Å². The van der Waals surface area contributed by atoms with E-state index in [0.717, 1.165) is 38.6 Å². The first-order valence-electron chi connectivity index (χ1n) is 7.16. The highest BCUT2D eigenvalue weighted by molar-refractivity contribution is 5.84. The molecule has 2 aliphatic rings. The van der Waals surface area contributed by atoms with Crippen molar-refractivity contribution in [2.24, 2.45) is 0 Å². The molecule has 2 rings (SSSR count). The molecule has 1 N–H and O–H groups in total. The third-order valence-electron chi connectivity index (χ3n) is 4.88. The number of aliphatic carboxylic acids is 1. The van der Waals surface area contributed by atoms with Gasteiger partial charge in [0.05, 0.1) is 12.5 Å². The maximum Gasteiger partial charge on any atom is 0.305 e. The molecule has 19 heavy (non-hydrogen) atoms. The van der Waals surface area contributed by atoms with Crippen LogP contribution in [-0.2, 0) is 9.59 Å². The van der Waals surface area contributed by atoms with Crippen LogP contribution in [0.4, 0.5) is 0 Å². The Balaban J connectivity index is 2.17. The van der Waals surface area contributed by atoms with E-state index in [0.29, 0.717) is 0 Å². The summed E-state index contributed by atoms with van der Waals surface area (Å²) in [5, 5.41) is 9.22. The van der Waals surface area contributed by atoms with E-state index in [4.69, 9.17) is 0 Å². The van der Waals surface area contributed by atoms with Gasteiger partial charge in [-0.25, -0.2) is 0 Å². The van der Waals surface area contributed by atoms with Gasteiger partial charge in [-0.3, -0.25) is 14.5 Å². The van der Waals surface area contributed by atoms with Crippen molar-refractivity contribution in [3.63, 3.8) is 0 Å². The standard InChI is InChI=1S/C14H24N2O3/c1-15-9-6-11(13(15)19)16(2)14(10-12(17)18)7-4-3-5-8-14/h11H,3-10H2,1-2H3,(H,17,18). The van der Waals surface area contributed by atoms with Crippen LogP contribution in [0.3, 0.4) is 0 Å². The van der Waals surface area contributed by atoms with Crippen LogP contribution in [-0.4, -0.2) is 59.0 Å². The number of carboxylic acid groups (broad SMARTS) is 1. The topological polar surface area (TPSA) is 60.9 Å². The summed E-state index contributed by atoms with van der Waals surface area (Å²) in [6.07, 6.45) is 6.05. The summed E-state index contributed by atoms with van der Waals surface area (Å²) in [6, 6.07) is -0.137. The van der Waals surface area contributed by atoms with Crippen molar-refractivity contribution < 1.29 is 14.7 Å². The van der Waals surface area contributed by atoms with Gasteiger partial charge in [0.15, 0.2) is 0 Å². The smallest absolute Gasteiger partial charge is 0.305 e. The molecule has 2 fully saturated rings. The van der Waals surface area contributed by atoms with Crippen molar-refractivity contribution >= 4 is 11.9 Å². The van der Waals surface area contributed by atoms with Crippen LogP contribution in [0.2, 0.25) is 0 Å². The summed E-state index contributed by atoms with van der Waals surface area (Å²) in [4.78, 5) is 27.2. The van der Waals surface area contributed by atoms with Crippen LogP contribution < -0.4 is 0 Å². The number of rotatable bonds is 4. The third kappa shape index (κ3) is 2.76. The minimum Gasteiger partial charge on any atom is -0.481 e. The number of carbonyl (C=O) groups excluding carboxylic acids is 1. The van der Waals surface area contributed by atoms with Gasteiger partial charge in [0.25, 0.3) is 0 Å². The lowest BCUT2D eigenvalue weighted by atomic mass is 9.77. The number of nitrogens with zero attached hydrogens (tertiary/aromatic N) is 2. The summed E-state index contributed by atoms with van der Waals surface area (Å²) in [7, 11) is 3.76. The van der Waals surface area contributed by atoms with E-state index in [1.54, 1.807) is 4.90 Å². The van der Waals surface area contributed by atoms with Crippen molar-refractivity contribution in [2.75, 3.05) is 20.6 Å². The van der Waals surface area contributed by atoms with Gasteiger partial charge in [-0.15, -0.1) is 0 Å². The van der Waals surface area contributed by atoms with Gasteiger partial charge in [-0.2, -0.15) is 0 Å². The maximum absolute atomic E-state index is 12.2. The Kier molecular flexibility index (Phi) is 4.13. The molecular weight excluding hydrogens is 244 g/mol. The highest BCUT2D eigenvalue weighted by Gasteiger charge is 2.45. The first-order chi connectivity index (χ1) is 8.96. The average molecular weight is 268 g/mol. The minimum absolute atomic E-state index is 0.137. The molecule has 5 nitrogen and oxygen atoms in total. The Morgan fingerprint density at radius 3 is 2.53 bits per heavy atom. The zero-order chi connectivity index (χ0) is 14.0. The van der Waals surface area contributed by atoms with Crippen LogP contribution >= 0.6 is 0 Å². The lowest BCUT2D eigenvalue weighted by molar-refractivity contribution is -0.144. The Bertz CT molecular complexity index is 364. The second-order valence-electron chi connectivity index (χ2n) is 6.03. The lowest BCUT2D eigenvalue weighted by Crippen LogP contribution is -2.55. The molecule has 5 heteroatoms. The molecule has 1 amide bonds. The molecule has 1 atom stereocenters. The number of hydrogen-bond acceptors (Lipinski definition) is 3. The van der Waals surface area contributed by atoms with Crippen LogP contribution in [0, 0.1) is 0 Å². The molecule has 1 aliphatic carbocycles. The summed E-state index contributed by atoms with van der Waals surface area (Å²) >= 11 is 0. The minimum atomic E-state index is -0.757. The largest absolute Gasteiger partial charge is 0.481 e. The van der Waals surface area contributed by atoms with Crippen LogP contribution in [0.1, 0.15) is 44.9 Å². The van der Waals surface area contributed by atoms with E-state index in [-0.39, 0.29) is 23.9 Å². The van der Waals surface area contributed by atoms with E-state index in [9.17, 15) is 14.7 Å². The fourth-order valence-corrected chi connectivity index (χ4v) is 3.64. The molecule has 0 aromatic carbocycles. The fourth-order valence-electron chi connectivity index (χ4n) is 3.64. The van der Waals surface area contributed by atoms with Crippen LogP contribution in [0.15, 0.2) is 0 Å². The number of amides is 1. The molecule has 0 radical (unpaired) electrons. The first-order valence-corrected chi connectivity index (χ1v) is 7.16. The van der Waals surface area contributed by atoms with Crippen LogP contribution in [0.25, 0.3) is 0 Å². The number of carboxylic acids is 1. The van der Waals surface area contributed by atoms with Gasteiger partial charge in [0, 0.05) is 19.1 Å². The van der Waals surface area contributed by atoms with E-state index in [1.807, 2.05) is 14.1 Å². The van der Waals surface area contributed by atoms with E-state index in [1.165, 1.54) is 6.42 Å². The fraction of sp³-hybridized carbons (Fsp3) is 0.857. The second kappa shape index (κ2) is 5.49. The highest BCUT2D eigenvalue weighted by atomic mass is 16.4. The molecule has 1 aliphatic heterocycles. The number of likely N-dealkylation sites (tertiary alicyclic amines) is 1. The Labute approximate surface area is 114 Å². The first kappa shape index (κ1) is 14.3. The van der Waals surface area contributed by atoms with Gasteiger partial charge in [0.1, 0.15) is 0 Å². The monoisotopic (exact) mass is 268 g/mol. The summed E-state index contributed by atoms with van der Waals surface area (Å²) in [5.74, 6) is -0.620. The van der Waals surface area contributed by atoms with Gasteiger partial charge >= 0.3 is 5.97 Å². The zero-order valence-corrected chi connectivity index (χ0v) is 11.9. The zero-order valence-electron chi connectivity index (χ0n) is 11.9. The average Bonchev–Trinajstić information content (AvgIpc) is 2.69. The molecular formula is C14H24N2O3. The molecule has 0 aromatic heterocycles. The molecule has 0 spiro atoms. The number of carbonyl (C=O) groups is 2. The van der Waals surface area contributed by atoms with Crippen molar-refractivity contribution in [3.05, 3.63) is 0 Å². The Morgan fingerprint density at radius 1 is 1.42 bits per heavy atom. The van der Waals surface area contributed by atoms with E-state index in [2.05, 4.69) is 4.90 Å². The SMILES string of the molecule is CN1CCC(N(C)C2(CC(=O)O)CCCCC2)C1=O. The quantitative estimate of drug-likeness (QED) is 0.835. The van der Waals surface area contributed by atoms with E-state index >= 15 is 0 Å². The summed E-state index contributed by atoms with van der Waals surface area (Å²) in [5.41, 5.74) is -0.324. The molecule has 0 bridgehead atoms. The van der Waals surface area contributed by atoms with Crippen molar-refractivity contribution in [2.45, 2.75) is 56.5 Å². The van der Waals surface area contributed by atoms with Crippen molar-refractivity contribution in [3.8, 4) is 0 Å². The Hall–Kier alpha value is -1.10. The maximum atomic E-state index is 12.2. The van der Waals surface area contributed by atoms with Crippen LogP contribution in [0.5, 0.6) is 0 Å². The lowest BCUT2D eigenvalue weighted by Gasteiger charge is -2.46.